The smallest absolute Gasteiger partial charge is 0.276 e. The summed E-state index contributed by atoms with van der Waals surface area (Å²) in [4.78, 5) is 14.6. The molecule has 2 N–H and O–H groups in total. The summed E-state index contributed by atoms with van der Waals surface area (Å²) in [6.07, 6.45) is 5.53. The van der Waals surface area contributed by atoms with Crippen molar-refractivity contribution >= 4 is 11.6 Å². The van der Waals surface area contributed by atoms with Crippen molar-refractivity contribution in [3.8, 4) is 0 Å². The van der Waals surface area contributed by atoms with Gasteiger partial charge in [-0.25, -0.2) is 0 Å². The first-order valence-electron chi connectivity index (χ1n) is 8.45. The highest BCUT2D eigenvalue weighted by Gasteiger charge is 2.29. The average Bonchev–Trinajstić information content (AvgIpc) is 3.28. The van der Waals surface area contributed by atoms with Gasteiger partial charge in [0.1, 0.15) is 5.82 Å². The molecule has 0 aromatic carbocycles. The second-order valence-corrected chi connectivity index (χ2v) is 6.23. The molecule has 130 valence electrons. The van der Waals surface area contributed by atoms with Gasteiger partial charge in [0.15, 0.2) is 11.3 Å². The number of piperidine rings is 1. The van der Waals surface area contributed by atoms with Crippen LogP contribution in [0.25, 0.3) is 5.65 Å². The van der Waals surface area contributed by atoms with Crippen molar-refractivity contribution in [2.45, 2.75) is 25.3 Å². The van der Waals surface area contributed by atoms with Gasteiger partial charge in [-0.1, -0.05) is 11.3 Å². The summed E-state index contributed by atoms with van der Waals surface area (Å²) in [5, 5.41) is 16.5. The molecule has 0 aliphatic carbocycles. The van der Waals surface area contributed by atoms with Gasteiger partial charge in [0, 0.05) is 31.7 Å². The topological polar surface area (TPSA) is 107 Å². The molecule has 1 unspecified atom stereocenters. The van der Waals surface area contributed by atoms with E-state index in [2.05, 4.69) is 20.5 Å². The summed E-state index contributed by atoms with van der Waals surface area (Å²) in [6, 6.07) is 5.83. The van der Waals surface area contributed by atoms with Gasteiger partial charge in [0.25, 0.3) is 5.91 Å². The van der Waals surface area contributed by atoms with Crippen LogP contribution in [0.5, 0.6) is 0 Å². The third-order valence-corrected chi connectivity index (χ3v) is 4.53. The first-order valence-corrected chi connectivity index (χ1v) is 8.45. The lowest BCUT2D eigenvalue weighted by molar-refractivity contribution is 0.0698. The van der Waals surface area contributed by atoms with E-state index in [0.29, 0.717) is 25.3 Å². The summed E-state index contributed by atoms with van der Waals surface area (Å²) in [5.74, 6) is 0.968. The molecule has 9 heteroatoms. The van der Waals surface area contributed by atoms with E-state index in [1.54, 1.807) is 10.9 Å². The number of aromatic nitrogens is 6. The second kappa shape index (κ2) is 6.60. The van der Waals surface area contributed by atoms with Crippen LogP contribution in [0.3, 0.4) is 0 Å². The van der Waals surface area contributed by atoms with Crippen LogP contribution in [0, 0.1) is 0 Å². The Balaban J connectivity index is 1.53. The zero-order chi connectivity index (χ0) is 17.2. The normalized spacial score (nSPS) is 18.0. The molecule has 1 saturated heterocycles. The van der Waals surface area contributed by atoms with Crippen LogP contribution in [0.4, 0.5) is 0 Å². The van der Waals surface area contributed by atoms with E-state index in [-0.39, 0.29) is 11.8 Å². The van der Waals surface area contributed by atoms with Crippen LogP contribution >= 0.6 is 0 Å². The molecule has 1 atom stereocenters. The number of nitrogens with two attached hydrogens (primary N) is 1. The van der Waals surface area contributed by atoms with Crippen molar-refractivity contribution < 1.29 is 4.79 Å². The van der Waals surface area contributed by atoms with Gasteiger partial charge in [0.05, 0.1) is 12.7 Å². The lowest BCUT2D eigenvalue weighted by atomic mass is 9.97. The number of carbonyl (C=O) groups is 1. The predicted molar refractivity (Wildman–Crippen MR) is 89.9 cm³/mol. The number of likely N-dealkylation sites (tertiary alicyclic amines) is 1. The van der Waals surface area contributed by atoms with Crippen molar-refractivity contribution in [3.63, 3.8) is 0 Å². The van der Waals surface area contributed by atoms with Gasteiger partial charge in [-0.3, -0.25) is 13.9 Å². The van der Waals surface area contributed by atoms with E-state index < -0.39 is 0 Å². The third kappa shape index (κ3) is 2.98. The maximum atomic E-state index is 12.7. The van der Waals surface area contributed by atoms with E-state index in [1.807, 2.05) is 33.7 Å². The zero-order valence-corrected chi connectivity index (χ0v) is 13.8. The van der Waals surface area contributed by atoms with Gasteiger partial charge in [-0.15, -0.1) is 15.3 Å². The Morgan fingerprint density at radius 2 is 2.20 bits per heavy atom. The molecule has 4 rings (SSSR count). The number of pyridine rings is 1. The lowest BCUT2D eigenvalue weighted by Gasteiger charge is -2.31. The molecule has 1 aliphatic heterocycles. The van der Waals surface area contributed by atoms with Gasteiger partial charge >= 0.3 is 0 Å². The van der Waals surface area contributed by atoms with Crippen molar-refractivity contribution in [3.05, 3.63) is 42.1 Å². The van der Waals surface area contributed by atoms with Crippen LogP contribution < -0.4 is 5.73 Å². The molecular weight excluding hydrogens is 320 g/mol. The molecule has 0 saturated carbocycles. The van der Waals surface area contributed by atoms with Crippen molar-refractivity contribution in [2.75, 3.05) is 19.6 Å². The number of fused-ring (bicyclic) bond motifs is 1. The van der Waals surface area contributed by atoms with Crippen LogP contribution in [-0.4, -0.2) is 60.0 Å². The molecule has 0 radical (unpaired) electrons. The second-order valence-electron chi connectivity index (χ2n) is 6.23. The van der Waals surface area contributed by atoms with Crippen molar-refractivity contribution in [1.29, 1.82) is 0 Å². The molecular formula is C16H20N8O. The van der Waals surface area contributed by atoms with E-state index in [1.165, 1.54) is 0 Å². The van der Waals surface area contributed by atoms with Crippen molar-refractivity contribution in [1.82, 2.24) is 34.5 Å². The third-order valence-electron chi connectivity index (χ3n) is 4.53. The predicted octanol–water partition coefficient (Wildman–Crippen LogP) is 0.299. The Bertz CT molecular complexity index is 885. The van der Waals surface area contributed by atoms with Gasteiger partial charge in [-0.05, 0) is 25.0 Å². The molecule has 4 heterocycles. The fraction of sp³-hybridized carbons (Fsp3) is 0.438. The maximum absolute atomic E-state index is 12.7. The van der Waals surface area contributed by atoms with Crippen LogP contribution in [-0.2, 0) is 6.54 Å². The summed E-state index contributed by atoms with van der Waals surface area (Å²) >= 11 is 0. The van der Waals surface area contributed by atoms with Crippen molar-refractivity contribution in [2.24, 2.45) is 5.73 Å². The number of carbonyl (C=O) groups excluding carboxylic acids is 1. The van der Waals surface area contributed by atoms with E-state index in [9.17, 15) is 4.79 Å². The summed E-state index contributed by atoms with van der Waals surface area (Å²) in [7, 11) is 0. The maximum Gasteiger partial charge on any atom is 0.276 e. The quantitative estimate of drug-likeness (QED) is 0.732. The molecule has 3 aromatic rings. The molecule has 25 heavy (non-hydrogen) atoms. The fourth-order valence-corrected chi connectivity index (χ4v) is 3.31. The van der Waals surface area contributed by atoms with Crippen LogP contribution in [0.1, 0.15) is 35.1 Å². The minimum Gasteiger partial charge on any atom is -0.336 e. The molecule has 3 aromatic heterocycles. The fourth-order valence-electron chi connectivity index (χ4n) is 3.31. The first-order chi connectivity index (χ1) is 12.3. The van der Waals surface area contributed by atoms with E-state index in [4.69, 9.17) is 5.73 Å². The van der Waals surface area contributed by atoms with Gasteiger partial charge in [-0.2, -0.15) is 0 Å². The first kappa shape index (κ1) is 15.7. The van der Waals surface area contributed by atoms with Crippen LogP contribution in [0.15, 0.2) is 30.6 Å². The highest BCUT2D eigenvalue weighted by atomic mass is 16.2. The number of nitrogens with zero attached hydrogens (tertiary/aromatic N) is 7. The minimum absolute atomic E-state index is 0.0956. The zero-order valence-electron chi connectivity index (χ0n) is 13.8. The number of rotatable bonds is 4. The summed E-state index contributed by atoms with van der Waals surface area (Å²) < 4.78 is 3.59. The summed E-state index contributed by atoms with van der Waals surface area (Å²) in [5.41, 5.74) is 6.69. The number of hydrogen-bond donors (Lipinski definition) is 1. The van der Waals surface area contributed by atoms with E-state index in [0.717, 1.165) is 30.9 Å². The molecule has 1 fully saturated rings. The Hall–Kier alpha value is -2.81. The lowest BCUT2D eigenvalue weighted by Crippen LogP contribution is -2.39. The number of amides is 1. The molecule has 1 amide bonds. The number of hydrogen-bond acceptors (Lipinski definition) is 6. The van der Waals surface area contributed by atoms with Gasteiger partial charge in [0.2, 0.25) is 0 Å². The van der Waals surface area contributed by atoms with Gasteiger partial charge < -0.3 is 10.6 Å². The highest BCUT2D eigenvalue weighted by Crippen LogP contribution is 2.26. The molecule has 0 spiro atoms. The Morgan fingerprint density at radius 1 is 1.28 bits per heavy atom. The highest BCUT2D eigenvalue weighted by molar-refractivity contribution is 5.92. The molecule has 0 bridgehead atoms. The Labute approximate surface area is 144 Å². The van der Waals surface area contributed by atoms with E-state index >= 15 is 0 Å². The monoisotopic (exact) mass is 340 g/mol. The minimum atomic E-state index is -0.0956. The molecule has 1 aliphatic rings. The largest absolute Gasteiger partial charge is 0.336 e. The summed E-state index contributed by atoms with van der Waals surface area (Å²) in [6.45, 7) is 2.34. The average molecular weight is 340 g/mol. The Morgan fingerprint density at radius 3 is 3.08 bits per heavy atom. The standard InChI is InChI=1S/C16H20N8O/c17-6-9-23-11-13(18-21-23)16(25)22-7-3-4-12(10-22)15-20-19-14-5-1-2-8-24(14)15/h1-2,5,8,11-12H,3-4,6-7,9-10,17H2. The SMILES string of the molecule is NCCn1cc(C(=O)N2CCCC(c3nnc4ccccn34)C2)nn1. The molecule has 9 nitrogen and oxygen atoms in total. The Kier molecular flexibility index (Phi) is 4.14. The van der Waals surface area contributed by atoms with Crippen LogP contribution in [0.2, 0.25) is 0 Å².